The van der Waals surface area contributed by atoms with Crippen LogP contribution in [0, 0.1) is 0 Å². The molecule has 0 aliphatic rings. The highest BCUT2D eigenvalue weighted by Gasteiger charge is 2.15. The van der Waals surface area contributed by atoms with E-state index >= 15 is 0 Å². The zero-order valence-corrected chi connectivity index (χ0v) is 10.5. The SMILES string of the molecule is COc1cncc(C(N)c2cnn3ccccc23)c1. The Balaban J connectivity index is 2.05. The van der Waals surface area contributed by atoms with Crippen LogP contribution in [0.2, 0.25) is 0 Å². The number of ether oxygens (including phenoxy) is 1. The van der Waals surface area contributed by atoms with Crippen molar-refractivity contribution >= 4 is 5.52 Å². The van der Waals surface area contributed by atoms with E-state index in [1.54, 1.807) is 25.7 Å². The Morgan fingerprint density at radius 1 is 1.26 bits per heavy atom. The third-order valence-corrected chi connectivity index (χ3v) is 3.12. The summed E-state index contributed by atoms with van der Waals surface area (Å²) < 4.78 is 6.98. The second-order valence-electron chi connectivity index (χ2n) is 4.27. The molecule has 5 heteroatoms. The summed E-state index contributed by atoms with van der Waals surface area (Å²) in [5.41, 5.74) is 9.17. The lowest BCUT2D eigenvalue weighted by Gasteiger charge is -2.11. The minimum Gasteiger partial charge on any atom is -0.495 e. The minimum atomic E-state index is -0.275. The Labute approximate surface area is 110 Å². The minimum absolute atomic E-state index is 0.275. The third kappa shape index (κ3) is 2.04. The van der Waals surface area contributed by atoms with Crippen LogP contribution in [0.15, 0.2) is 49.1 Å². The summed E-state index contributed by atoms with van der Waals surface area (Å²) in [6.07, 6.45) is 7.10. The fourth-order valence-corrected chi connectivity index (χ4v) is 2.09. The van der Waals surface area contributed by atoms with E-state index in [4.69, 9.17) is 10.5 Å². The quantitative estimate of drug-likeness (QED) is 0.773. The summed E-state index contributed by atoms with van der Waals surface area (Å²) in [7, 11) is 1.61. The van der Waals surface area contributed by atoms with Gasteiger partial charge in [-0.3, -0.25) is 4.98 Å². The van der Waals surface area contributed by atoms with Gasteiger partial charge in [-0.05, 0) is 23.8 Å². The zero-order valence-electron chi connectivity index (χ0n) is 10.5. The van der Waals surface area contributed by atoms with Gasteiger partial charge < -0.3 is 10.5 Å². The van der Waals surface area contributed by atoms with Crippen LogP contribution in [-0.2, 0) is 0 Å². The smallest absolute Gasteiger partial charge is 0.137 e. The van der Waals surface area contributed by atoms with E-state index in [0.717, 1.165) is 16.6 Å². The Kier molecular flexibility index (Phi) is 2.89. The third-order valence-electron chi connectivity index (χ3n) is 3.12. The average molecular weight is 254 g/mol. The Morgan fingerprint density at radius 2 is 2.16 bits per heavy atom. The molecule has 1 atom stereocenters. The van der Waals surface area contributed by atoms with Crippen molar-refractivity contribution in [2.45, 2.75) is 6.04 Å². The topological polar surface area (TPSA) is 65.4 Å². The number of hydrogen-bond donors (Lipinski definition) is 1. The maximum Gasteiger partial charge on any atom is 0.137 e. The maximum absolute atomic E-state index is 6.30. The molecule has 19 heavy (non-hydrogen) atoms. The van der Waals surface area contributed by atoms with Crippen molar-refractivity contribution in [1.29, 1.82) is 0 Å². The van der Waals surface area contributed by atoms with E-state index < -0.39 is 0 Å². The number of rotatable bonds is 3. The second kappa shape index (κ2) is 4.70. The molecular weight excluding hydrogens is 240 g/mol. The molecule has 0 aliphatic carbocycles. The van der Waals surface area contributed by atoms with Gasteiger partial charge in [0.05, 0.1) is 31.1 Å². The highest BCUT2D eigenvalue weighted by Crippen LogP contribution is 2.25. The second-order valence-corrected chi connectivity index (χ2v) is 4.27. The van der Waals surface area contributed by atoms with Crippen LogP contribution in [0.25, 0.3) is 5.52 Å². The van der Waals surface area contributed by atoms with Gasteiger partial charge in [-0.15, -0.1) is 0 Å². The fourth-order valence-electron chi connectivity index (χ4n) is 2.09. The fraction of sp³-hybridized carbons (Fsp3) is 0.143. The molecule has 3 heterocycles. The molecule has 0 spiro atoms. The van der Waals surface area contributed by atoms with E-state index in [1.807, 2.05) is 35.0 Å². The molecule has 0 aliphatic heterocycles. The Hall–Kier alpha value is -2.40. The summed E-state index contributed by atoms with van der Waals surface area (Å²) in [6.45, 7) is 0. The van der Waals surface area contributed by atoms with Crippen LogP contribution in [0.1, 0.15) is 17.2 Å². The zero-order chi connectivity index (χ0) is 13.2. The van der Waals surface area contributed by atoms with Crippen LogP contribution in [0.5, 0.6) is 5.75 Å². The number of nitrogens with two attached hydrogens (primary N) is 1. The predicted octanol–water partition coefficient (Wildman–Crippen LogP) is 1.79. The van der Waals surface area contributed by atoms with E-state index in [1.165, 1.54) is 0 Å². The number of aromatic nitrogens is 3. The summed E-state index contributed by atoms with van der Waals surface area (Å²) >= 11 is 0. The average Bonchev–Trinajstić information content (AvgIpc) is 2.90. The standard InChI is InChI=1S/C14H14N4O/c1-19-11-6-10(7-16-8-11)14(15)12-9-17-18-5-3-2-4-13(12)18/h2-9,14H,15H2,1H3. The first-order valence-electron chi connectivity index (χ1n) is 5.96. The van der Waals surface area contributed by atoms with E-state index in [2.05, 4.69) is 10.1 Å². The molecule has 0 radical (unpaired) electrons. The highest BCUT2D eigenvalue weighted by molar-refractivity contribution is 5.56. The van der Waals surface area contributed by atoms with Gasteiger partial charge in [-0.1, -0.05) is 6.07 Å². The Morgan fingerprint density at radius 3 is 3.00 bits per heavy atom. The lowest BCUT2D eigenvalue weighted by molar-refractivity contribution is 0.412. The molecule has 3 aromatic heterocycles. The maximum atomic E-state index is 6.30. The summed E-state index contributed by atoms with van der Waals surface area (Å²) in [5.74, 6) is 0.699. The van der Waals surface area contributed by atoms with Crippen LogP contribution in [-0.4, -0.2) is 21.7 Å². The van der Waals surface area contributed by atoms with Gasteiger partial charge in [0.1, 0.15) is 5.75 Å². The molecular formula is C14H14N4O. The molecule has 2 N–H and O–H groups in total. The van der Waals surface area contributed by atoms with Gasteiger partial charge in [0.25, 0.3) is 0 Å². The molecule has 3 rings (SSSR count). The lowest BCUT2D eigenvalue weighted by Crippen LogP contribution is -2.12. The summed E-state index contributed by atoms with van der Waals surface area (Å²) in [5, 5.41) is 4.29. The normalized spacial score (nSPS) is 12.5. The molecule has 0 saturated carbocycles. The number of methoxy groups -OCH3 is 1. The van der Waals surface area contributed by atoms with Crippen molar-refractivity contribution in [3.63, 3.8) is 0 Å². The van der Waals surface area contributed by atoms with Crippen molar-refractivity contribution in [2.24, 2.45) is 5.73 Å². The van der Waals surface area contributed by atoms with Crippen molar-refractivity contribution < 1.29 is 4.74 Å². The van der Waals surface area contributed by atoms with Gasteiger partial charge in [0.2, 0.25) is 0 Å². The molecule has 0 fully saturated rings. The monoisotopic (exact) mass is 254 g/mol. The molecule has 3 aromatic rings. The summed E-state index contributed by atoms with van der Waals surface area (Å²) in [4.78, 5) is 4.13. The molecule has 0 aromatic carbocycles. The molecule has 0 bridgehead atoms. The largest absolute Gasteiger partial charge is 0.495 e. The molecule has 1 unspecified atom stereocenters. The van der Waals surface area contributed by atoms with Gasteiger partial charge in [-0.25, -0.2) is 4.52 Å². The first kappa shape index (κ1) is 11.7. The Bertz CT molecular complexity index is 707. The number of nitrogens with zero attached hydrogens (tertiary/aromatic N) is 3. The van der Waals surface area contributed by atoms with Crippen LogP contribution in [0.4, 0.5) is 0 Å². The van der Waals surface area contributed by atoms with Gasteiger partial charge in [-0.2, -0.15) is 5.10 Å². The first-order valence-corrected chi connectivity index (χ1v) is 5.96. The number of fused-ring (bicyclic) bond motifs is 1. The van der Waals surface area contributed by atoms with Gasteiger partial charge >= 0.3 is 0 Å². The summed E-state index contributed by atoms with van der Waals surface area (Å²) in [6, 6.07) is 7.52. The molecule has 5 nitrogen and oxygen atoms in total. The van der Waals surface area contributed by atoms with E-state index in [0.29, 0.717) is 5.75 Å². The van der Waals surface area contributed by atoms with Gasteiger partial charge in [0.15, 0.2) is 0 Å². The van der Waals surface area contributed by atoms with Crippen molar-refractivity contribution in [2.75, 3.05) is 7.11 Å². The molecule has 96 valence electrons. The van der Waals surface area contributed by atoms with Crippen molar-refractivity contribution in [1.82, 2.24) is 14.6 Å². The highest BCUT2D eigenvalue weighted by atomic mass is 16.5. The molecule has 0 amide bonds. The van der Waals surface area contributed by atoms with Gasteiger partial charge in [0, 0.05) is 18.0 Å². The predicted molar refractivity (Wildman–Crippen MR) is 72.0 cm³/mol. The molecule has 0 saturated heterocycles. The van der Waals surface area contributed by atoms with E-state index in [-0.39, 0.29) is 6.04 Å². The van der Waals surface area contributed by atoms with E-state index in [9.17, 15) is 0 Å². The van der Waals surface area contributed by atoms with Crippen LogP contribution < -0.4 is 10.5 Å². The number of pyridine rings is 2. The first-order chi connectivity index (χ1) is 9.29. The van der Waals surface area contributed by atoms with Crippen LogP contribution >= 0.6 is 0 Å². The van der Waals surface area contributed by atoms with Crippen molar-refractivity contribution in [3.8, 4) is 5.75 Å². The lowest BCUT2D eigenvalue weighted by atomic mass is 10.0. The van der Waals surface area contributed by atoms with Crippen molar-refractivity contribution in [3.05, 3.63) is 60.2 Å². The van der Waals surface area contributed by atoms with Crippen LogP contribution in [0.3, 0.4) is 0 Å². The number of hydrogen-bond acceptors (Lipinski definition) is 4.